The van der Waals surface area contributed by atoms with E-state index in [2.05, 4.69) is 26.0 Å². The van der Waals surface area contributed by atoms with Gasteiger partial charge < -0.3 is 14.5 Å². The van der Waals surface area contributed by atoms with Crippen molar-refractivity contribution < 1.29 is 9.53 Å². The van der Waals surface area contributed by atoms with E-state index in [0.717, 1.165) is 16.9 Å². The molecule has 126 valence electrons. The van der Waals surface area contributed by atoms with Gasteiger partial charge in [0.25, 0.3) is 0 Å². The van der Waals surface area contributed by atoms with Crippen molar-refractivity contribution >= 4 is 22.8 Å². The number of methoxy groups -OCH3 is 1. The van der Waals surface area contributed by atoms with E-state index in [1.54, 1.807) is 15.8 Å². The summed E-state index contributed by atoms with van der Waals surface area (Å²) in [4.78, 5) is 24.5. The van der Waals surface area contributed by atoms with E-state index in [0.29, 0.717) is 39.1 Å². The van der Waals surface area contributed by atoms with Crippen molar-refractivity contribution in [3.8, 4) is 6.07 Å². The first-order chi connectivity index (χ1) is 11.7. The summed E-state index contributed by atoms with van der Waals surface area (Å²) in [6, 6.07) is 2.11. The molecule has 1 amide bonds. The topological polar surface area (TPSA) is 100 Å². The third-order valence-electron chi connectivity index (χ3n) is 4.05. The van der Waals surface area contributed by atoms with Gasteiger partial charge in [0.1, 0.15) is 18.8 Å². The minimum Gasteiger partial charge on any atom is -0.375 e. The molecule has 1 aliphatic heterocycles. The van der Waals surface area contributed by atoms with E-state index in [1.807, 2.05) is 0 Å². The number of ether oxygens (including phenoxy) is 1. The van der Waals surface area contributed by atoms with E-state index in [4.69, 9.17) is 10.00 Å². The fourth-order valence-electron chi connectivity index (χ4n) is 2.83. The van der Waals surface area contributed by atoms with E-state index < -0.39 is 0 Å². The molecule has 2 aromatic heterocycles. The molecule has 2 aromatic rings. The lowest BCUT2D eigenvalue weighted by molar-refractivity contribution is -0.135. The van der Waals surface area contributed by atoms with Gasteiger partial charge >= 0.3 is 0 Å². The molecule has 0 radical (unpaired) electrons. The second kappa shape index (κ2) is 7.23. The SMILES string of the molecule is COCC(=O)N1CCN(c2ncnc3c2cnn3CCC#N)CC1. The second-order valence-electron chi connectivity index (χ2n) is 5.51. The molecular formula is C15H19N7O2. The molecule has 3 heterocycles. The molecule has 1 saturated heterocycles. The predicted octanol–water partition coefficient (Wildman–Crippen LogP) is 0.0350. The molecule has 0 spiro atoms. The van der Waals surface area contributed by atoms with Crippen LogP contribution in [0.3, 0.4) is 0 Å². The van der Waals surface area contributed by atoms with Gasteiger partial charge in [-0.3, -0.25) is 4.79 Å². The lowest BCUT2D eigenvalue weighted by Gasteiger charge is -2.35. The molecule has 0 aliphatic carbocycles. The third-order valence-corrected chi connectivity index (χ3v) is 4.05. The maximum absolute atomic E-state index is 11.9. The predicted molar refractivity (Wildman–Crippen MR) is 86.2 cm³/mol. The van der Waals surface area contributed by atoms with Crippen LogP contribution in [-0.2, 0) is 16.1 Å². The molecule has 0 unspecified atom stereocenters. The Hall–Kier alpha value is -2.73. The molecule has 0 N–H and O–H groups in total. The maximum atomic E-state index is 11.9. The molecule has 24 heavy (non-hydrogen) atoms. The number of aromatic nitrogens is 4. The molecule has 0 bridgehead atoms. The summed E-state index contributed by atoms with van der Waals surface area (Å²) in [5.41, 5.74) is 0.730. The Morgan fingerprint density at radius 1 is 1.33 bits per heavy atom. The summed E-state index contributed by atoms with van der Waals surface area (Å²) in [7, 11) is 1.52. The van der Waals surface area contributed by atoms with Gasteiger partial charge in [-0.1, -0.05) is 0 Å². The Morgan fingerprint density at radius 2 is 2.12 bits per heavy atom. The summed E-state index contributed by atoms with van der Waals surface area (Å²) < 4.78 is 6.63. The van der Waals surface area contributed by atoms with Crippen molar-refractivity contribution in [2.24, 2.45) is 0 Å². The third kappa shape index (κ3) is 3.14. The van der Waals surface area contributed by atoms with Crippen molar-refractivity contribution in [1.29, 1.82) is 5.26 Å². The zero-order valence-electron chi connectivity index (χ0n) is 13.6. The zero-order valence-corrected chi connectivity index (χ0v) is 13.6. The minimum atomic E-state index is 0.00862. The highest BCUT2D eigenvalue weighted by molar-refractivity contribution is 5.87. The van der Waals surface area contributed by atoms with Crippen LogP contribution in [0.5, 0.6) is 0 Å². The fraction of sp³-hybridized carbons (Fsp3) is 0.533. The molecule has 0 atom stereocenters. The number of aryl methyl sites for hydroxylation is 1. The number of rotatable bonds is 5. The van der Waals surface area contributed by atoms with Crippen LogP contribution in [0.1, 0.15) is 6.42 Å². The Labute approximate surface area is 139 Å². The molecule has 9 heteroatoms. The maximum Gasteiger partial charge on any atom is 0.248 e. The Balaban J connectivity index is 1.75. The van der Waals surface area contributed by atoms with Crippen molar-refractivity contribution in [3.63, 3.8) is 0 Å². The van der Waals surface area contributed by atoms with Gasteiger partial charge in [0.05, 0.1) is 30.6 Å². The number of amides is 1. The zero-order chi connectivity index (χ0) is 16.9. The Bertz CT molecular complexity index is 759. The first kappa shape index (κ1) is 16.1. The summed E-state index contributed by atoms with van der Waals surface area (Å²) in [5.74, 6) is 0.830. The molecule has 0 aromatic carbocycles. The lowest BCUT2D eigenvalue weighted by atomic mass is 10.2. The van der Waals surface area contributed by atoms with Crippen LogP contribution < -0.4 is 4.90 Å². The number of nitrogens with zero attached hydrogens (tertiary/aromatic N) is 7. The number of nitriles is 1. The van der Waals surface area contributed by atoms with Crippen molar-refractivity contribution in [2.45, 2.75) is 13.0 Å². The lowest BCUT2D eigenvalue weighted by Crippen LogP contribution is -2.50. The van der Waals surface area contributed by atoms with Gasteiger partial charge in [-0.15, -0.1) is 0 Å². The van der Waals surface area contributed by atoms with E-state index in [1.165, 1.54) is 13.4 Å². The van der Waals surface area contributed by atoms with Crippen LogP contribution in [0.4, 0.5) is 5.82 Å². The van der Waals surface area contributed by atoms with Gasteiger partial charge in [-0.05, 0) is 0 Å². The first-order valence-corrected chi connectivity index (χ1v) is 7.79. The Kier molecular flexibility index (Phi) is 4.86. The van der Waals surface area contributed by atoms with Gasteiger partial charge in [0.15, 0.2) is 5.65 Å². The minimum absolute atomic E-state index is 0.00862. The van der Waals surface area contributed by atoms with Crippen LogP contribution in [0, 0.1) is 11.3 Å². The van der Waals surface area contributed by atoms with Crippen LogP contribution >= 0.6 is 0 Å². The van der Waals surface area contributed by atoms with Crippen LogP contribution in [-0.4, -0.2) is 70.5 Å². The quantitative estimate of drug-likeness (QED) is 0.763. The molecule has 9 nitrogen and oxygen atoms in total. The van der Waals surface area contributed by atoms with E-state index in [-0.39, 0.29) is 12.5 Å². The normalized spacial score (nSPS) is 14.8. The highest BCUT2D eigenvalue weighted by atomic mass is 16.5. The summed E-state index contributed by atoms with van der Waals surface area (Å²) >= 11 is 0. The number of hydrogen-bond donors (Lipinski definition) is 0. The van der Waals surface area contributed by atoms with Crippen molar-refractivity contribution in [3.05, 3.63) is 12.5 Å². The Morgan fingerprint density at radius 3 is 2.83 bits per heavy atom. The molecule has 0 saturated carbocycles. The molecule has 3 rings (SSSR count). The molecular weight excluding hydrogens is 310 g/mol. The van der Waals surface area contributed by atoms with Gasteiger partial charge in [-0.2, -0.15) is 10.4 Å². The number of carbonyl (C=O) groups excluding carboxylic acids is 1. The molecule has 1 aliphatic rings. The smallest absolute Gasteiger partial charge is 0.248 e. The number of fused-ring (bicyclic) bond motifs is 1. The van der Waals surface area contributed by atoms with Crippen molar-refractivity contribution in [1.82, 2.24) is 24.6 Å². The highest BCUT2D eigenvalue weighted by Crippen LogP contribution is 2.23. The standard InChI is InChI=1S/C15H19N7O2/c1-24-10-13(23)20-5-7-21(8-6-20)14-12-9-19-22(4-2-3-16)15(12)18-11-17-14/h9,11H,2,4-8,10H2,1H3. The van der Waals surface area contributed by atoms with Gasteiger partial charge in [0, 0.05) is 33.3 Å². The summed E-state index contributed by atoms with van der Waals surface area (Å²) in [5, 5.41) is 13.9. The van der Waals surface area contributed by atoms with Crippen LogP contribution in [0.15, 0.2) is 12.5 Å². The van der Waals surface area contributed by atoms with Gasteiger partial charge in [0.2, 0.25) is 5.91 Å². The van der Waals surface area contributed by atoms with Gasteiger partial charge in [-0.25, -0.2) is 14.6 Å². The average molecular weight is 329 g/mol. The van der Waals surface area contributed by atoms with E-state index >= 15 is 0 Å². The van der Waals surface area contributed by atoms with Crippen LogP contribution in [0.2, 0.25) is 0 Å². The second-order valence-corrected chi connectivity index (χ2v) is 5.51. The van der Waals surface area contributed by atoms with Crippen LogP contribution in [0.25, 0.3) is 11.0 Å². The van der Waals surface area contributed by atoms with Crippen molar-refractivity contribution in [2.75, 3.05) is 44.8 Å². The highest BCUT2D eigenvalue weighted by Gasteiger charge is 2.23. The fourth-order valence-corrected chi connectivity index (χ4v) is 2.83. The summed E-state index contributed by atoms with van der Waals surface area (Å²) in [6.45, 7) is 3.29. The monoisotopic (exact) mass is 329 g/mol. The molecule has 1 fully saturated rings. The number of anilines is 1. The number of piperazine rings is 1. The largest absolute Gasteiger partial charge is 0.375 e. The summed E-state index contributed by atoms with van der Waals surface area (Å²) in [6.07, 6.45) is 3.64. The van der Waals surface area contributed by atoms with E-state index in [9.17, 15) is 4.79 Å². The number of hydrogen-bond acceptors (Lipinski definition) is 7. The first-order valence-electron chi connectivity index (χ1n) is 7.79. The number of carbonyl (C=O) groups is 1. The average Bonchev–Trinajstić information content (AvgIpc) is 3.03.